The van der Waals surface area contributed by atoms with E-state index < -0.39 is 6.10 Å². The van der Waals surface area contributed by atoms with Gasteiger partial charge in [-0.1, -0.05) is 32.0 Å². The predicted octanol–water partition coefficient (Wildman–Crippen LogP) is 5.24. The number of carbonyl (C=O) groups excluding carboxylic acids is 1. The molecule has 1 aliphatic rings. The molecular weight excluding hydrogens is 362 g/mol. The van der Waals surface area contributed by atoms with E-state index in [0.717, 1.165) is 36.3 Å². The lowest BCUT2D eigenvalue weighted by Gasteiger charge is -2.24. The van der Waals surface area contributed by atoms with E-state index >= 15 is 0 Å². The van der Waals surface area contributed by atoms with Crippen molar-refractivity contribution < 1.29 is 14.3 Å². The molecule has 1 N–H and O–H groups in total. The van der Waals surface area contributed by atoms with Crippen molar-refractivity contribution in [1.29, 1.82) is 0 Å². The molecule has 0 unspecified atom stereocenters. The van der Waals surface area contributed by atoms with Gasteiger partial charge in [-0.2, -0.15) is 0 Å². The summed E-state index contributed by atoms with van der Waals surface area (Å²) in [5.41, 5.74) is 3.85. The van der Waals surface area contributed by atoms with Crippen LogP contribution in [0.3, 0.4) is 0 Å². The number of amides is 1. The average molecular weight is 396 g/mol. The van der Waals surface area contributed by atoms with Crippen molar-refractivity contribution in [1.82, 2.24) is 5.32 Å². The van der Waals surface area contributed by atoms with Gasteiger partial charge < -0.3 is 14.8 Å². The van der Waals surface area contributed by atoms with E-state index in [9.17, 15) is 4.79 Å². The van der Waals surface area contributed by atoms with Gasteiger partial charge in [-0.05, 0) is 85.9 Å². The zero-order valence-electron chi connectivity index (χ0n) is 18.0. The van der Waals surface area contributed by atoms with Crippen LogP contribution in [-0.2, 0) is 17.6 Å². The molecule has 0 bridgehead atoms. The number of methoxy groups -OCH3 is 1. The highest BCUT2D eigenvalue weighted by Crippen LogP contribution is 2.27. The minimum absolute atomic E-state index is 0.0528. The molecule has 0 heterocycles. The Labute approximate surface area is 174 Å². The van der Waals surface area contributed by atoms with Gasteiger partial charge in [-0.15, -0.1) is 0 Å². The highest BCUT2D eigenvalue weighted by molar-refractivity contribution is 5.81. The van der Waals surface area contributed by atoms with Crippen molar-refractivity contribution in [2.24, 2.45) is 5.92 Å². The molecule has 156 valence electrons. The third-order valence-corrected chi connectivity index (χ3v) is 5.54. The fourth-order valence-corrected chi connectivity index (χ4v) is 3.92. The van der Waals surface area contributed by atoms with Crippen LogP contribution >= 0.6 is 0 Å². The molecule has 0 aliphatic heterocycles. The van der Waals surface area contributed by atoms with E-state index in [1.165, 1.54) is 24.0 Å². The zero-order valence-corrected chi connectivity index (χ0v) is 18.0. The molecule has 4 heteroatoms. The monoisotopic (exact) mass is 395 g/mol. The average Bonchev–Trinajstić information content (AvgIpc) is 2.73. The third kappa shape index (κ3) is 5.75. The minimum Gasteiger partial charge on any atom is -0.497 e. The van der Waals surface area contributed by atoms with Crippen LogP contribution in [0.15, 0.2) is 42.5 Å². The lowest BCUT2D eigenvalue weighted by atomic mass is 9.92. The Balaban J connectivity index is 1.66. The minimum atomic E-state index is -0.551. The summed E-state index contributed by atoms with van der Waals surface area (Å²) in [5, 5.41) is 3.18. The number of rotatable bonds is 8. The maximum Gasteiger partial charge on any atom is 0.261 e. The van der Waals surface area contributed by atoms with Gasteiger partial charge in [0.25, 0.3) is 5.91 Å². The fraction of sp³-hybridized carbons (Fsp3) is 0.480. The number of hydrogen-bond acceptors (Lipinski definition) is 3. The van der Waals surface area contributed by atoms with Gasteiger partial charge in [0, 0.05) is 0 Å². The van der Waals surface area contributed by atoms with Crippen molar-refractivity contribution in [2.45, 2.75) is 65.0 Å². The van der Waals surface area contributed by atoms with Crippen LogP contribution in [0.5, 0.6) is 11.5 Å². The van der Waals surface area contributed by atoms with Crippen molar-refractivity contribution in [3.05, 3.63) is 59.2 Å². The fourth-order valence-electron chi connectivity index (χ4n) is 3.92. The van der Waals surface area contributed by atoms with Gasteiger partial charge >= 0.3 is 0 Å². The summed E-state index contributed by atoms with van der Waals surface area (Å²) < 4.78 is 11.2. The van der Waals surface area contributed by atoms with Gasteiger partial charge in [-0.25, -0.2) is 0 Å². The van der Waals surface area contributed by atoms with Gasteiger partial charge in [0.15, 0.2) is 6.10 Å². The first-order valence-corrected chi connectivity index (χ1v) is 10.7. The van der Waals surface area contributed by atoms with Crippen LogP contribution in [0.4, 0.5) is 0 Å². The highest BCUT2D eigenvalue weighted by Gasteiger charge is 2.22. The molecule has 0 radical (unpaired) electrons. The maximum atomic E-state index is 12.9. The van der Waals surface area contributed by atoms with E-state index in [1.807, 2.05) is 37.3 Å². The highest BCUT2D eigenvalue weighted by atomic mass is 16.5. The summed E-state index contributed by atoms with van der Waals surface area (Å²) in [4.78, 5) is 12.9. The topological polar surface area (TPSA) is 47.6 Å². The van der Waals surface area contributed by atoms with Gasteiger partial charge in [-0.3, -0.25) is 4.79 Å². The van der Waals surface area contributed by atoms with Crippen molar-refractivity contribution >= 4 is 5.91 Å². The Morgan fingerprint density at radius 2 is 1.62 bits per heavy atom. The molecule has 0 aromatic heterocycles. The second-order valence-electron chi connectivity index (χ2n) is 8.36. The number of carbonyl (C=O) groups is 1. The van der Waals surface area contributed by atoms with Gasteiger partial charge in [0.2, 0.25) is 0 Å². The first-order valence-electron chi connectivity index (χ1n) is 10.7. The smallest absolute Gasteiger partial charge is 0.261 e. The van der Waals surface area contributed by atoms with Crippen LogP contribution < -0.4 is 14.8 Å². The summed E-state index contributed by atoms with van der Waals surface area (Å²) in [6.07, 6.45) is 5.04. The number of hydrogen-bond donors (Lipinski definition) is 1. The van der Waals surface area contributed by atoms with Gasteiger partial charge in [0.05, 0.1) is 13.2 Å². The summed E-state index contributed by atoms with van der Waals surface area (Å²) >= 11 is 0. The summed E-state index contributed by atoms with van der Waals surface area (Å²) in [5.74, 6) is 1.95. The molecule has 0 fully saturated rings. The molecule has 2 atom stereocenters. The van der Waals surface area contributed by atoms with E-state index in [1.54, 1.807) is 7.11 Å². The van der Waals surface area contributed by atoms with Crippen LogP contribution in [0.25, 0.3) is 0 Å². The number of benzene rings is 2. The van der Waals surface area contributed by atoms with Crippen LogP contribution in [0.1, 0.15) is 62.8 Å². The summed E-state index contributed by atoms with van der Waals surface area (Å²) in [6, 6.07) is 14.1. The van der Waals surface area contributed by atoms with Crippen molar-refractivity contribution in [3.8, 4) is 11.5 Å². The van der Waals surface area contributed by atoms with Crippen molar-refractivity contribution in [3.63, 3.8) is 0 Å². The maximum absolute atomic E-state index is 12.9. The Bertz CT molecular complexity index is 813. The van der Waals surface area contributed by atoms with Crippen LogP contribution in [0.2, 0.25) is 0 Å². The SMILES string of the molecule is COc1ccc([C@@H](CC(C)C)NC(=O)[C@H](C)Oc2ccc3c(c2)CCCC3)cc1. The Kier molecular flexibility index (Phi) is 7.18. The molecule has 0 spiro atoms. The normalized spacial score (nSPS) is 15.3. The molecule has 29 heavy (non-hydrogen) atoms. The molecule has 3 rings (SSSR count). The third-order valence-electron chi connectivity index (χ3n) is 5.54. The van der Waals surface area contributed by atoms with E-state index in [-0.39, 0.29) is 11.9 Å². The number of fused-ring (bicyclic) bond motifs is 1. The first-order chi connectivity index (χ1) is 14.0. The molecule has 2 aromatic carbocycles. The Hall–Kier alpha value is -2.49. The van der Waals surface area contributed by atoms with E-state index in [0.29, 0.717) is 5.92 Å². The molecule has 2 aromatic rings. The summed E-state index contributed by atoms with van der Waals surface area (Å²) in [6.45, 7) is 6.14. The lowest BCUT2D eigenvalue weighted by Crippen LogP contribution is -2.39. The largest absolute Gasteiger partial charge is 0.497 e. The van der Waals surface area contributed by atoms with Crippen LogP contribution in [-0.4, -0.2) is 19.1 Å². The zero-order chi connectivity index (χ0) is 20.8. The summed E-state index contributed by atoms with van der Waals surface area (Å²) in [7, 11) is 1.65. The quantitative estimate of drug-likeness (QED) is 0.664. The molecular formula is C25H33NO3. The Morgan fingerprint density at radius 1 is 0.966 bits per heavy atom. The molecule has 1 amide bonds. The number of aryl methyl sites for hydroxylation is 2. The molecule has 4 nitrogen and oxygen atoms in total. The number of ether oxygens (including phenoxy) is 2. The molecule has 0 saturated heterocycles. The number of nitrogens with one attached hydrogen (secondary N) is 1. The van der Waals surface area contributed by atoms with Crippen molar-refractivity contribution in [2.75, 3.05) is 7.11 Å². The second kappa shape index (κ2) is 9.82. The lowest BCUT2D eigenvalue weighted by molar-refractivity contribution is -0.128. The molecule has 0 saturated carbocycles. The van der Waals surface area contributed by atoms with Crippen LogP contribution in [0, 0.1) is 5.92 Å². The molecule has 1 aliphatic carbocycles. The van der Waals surface area contributed by atoms with E-state index in [2.05, 4.69) is 31.3 Å². The van der Waals surface area contributed by atoms with E-state index in [4.69, 9.17) is 9.47 Å². The second-order valence-corrected chi connectivity index (χ2v) is 8.36. The standard InChI is InChI=1S/C25H33NO3/c1-17(2)15-24(20-10-12-22(28-4)13-11-20)26-25(27)18(3)29-23-14-9-19-7-5-6-8-21(19)16-23/h9-14,16-18,24H,5-8,15H2,1-4H3,(H,26,27)/t18-,24+/m0/s1. The Morgan fingerprint density at radius 3 is 2.28 bits per heavy atom. The van der Waals surface area contributed by atoms with Gasteiger partial charge in [0.1, 0.15) is 11.5 Å². The first kappa shape index (κ1) is 21.2. The predicted molar refractivity (Wildman–Crippen MR) is 117 cm³/mol.